The first-order valence-electron chi connectivity index (χ1n) is 11.4. The Balaban J connectivity index is 1.73. The smallest absolute Gasteiger partial charge is 0.129 e. The minimum Gasteiger partial charge on any atom is -0.393 e. The van der Waals surface area contributed by atoms with Gasteiger partial charge in [-0.3, -0.25) is 0 Å². The molecular weight excluding hydrogens is 364 g/mol. The first-order valence-corrected chi connectivity index (χ1v) is 11.4. The molecule has 0 spiro atoms. The summed E-state index contributed by atoms with van der Waals surface area (Å²) >= 11 is 0. The van der Waals surface area contributed by atoms with Gasteiger partial charge in [-0.05, 0) is 82.5 Å². The number of allylic oxidation sites excluding steroid dienone is 6. The molecule has 3 N–H and O–H groups in total. The summed E-state index contributed by atoms with van der Waals surface area (Å²) in [5.74, 6) is 0.891. The molecule has 2 rings (SSSR count). The quantitative estimate of drug-likeness (QED) is 0.331. The Morgan fingerprint density at radius 1 is 1.21 bits per heavy atom. The summed E-state index contributed by atoms with van der Waals surface area (Å²) in [6.07, 6.45) is 17.1. The topological polar surface area (TPSA) is 77.8 Å². The van der Waals surface area contributed by atoms with Gasteiger partial charge >= 0.3 is 0 Å². The maximum Gasteiger partial charge on any atom is 0.129 e. The Hall–Kier alpha value is -1.23. The number of carbonyl (C=O) groups is 1. The van der Waals surface area contributed by atoms with Crippen LogP contribution in [0.5, 0.6) is 0 Å². The number of ketones is 1. The third kappa shape index (κ3) is 8.57. The molecule has 1 saturated carbocycles. The second-order valence-electron chi connectivity index (χ2n) is 9.16. The predicted octanol–water partition coefficient (Wildman–Crippen LogP) is 4.49. The van der Waals surface area contributed by atoms with E-state index in [0.29, 0.717) is 25.2 Å². The van der Waals surface area contributed by atoms with Crippen LogP contribution in [0.2, 0.25) is 0 Å². The number of aliphatic hydroxyl groups excluding tert-OH is 3. The van der Waals surface area contributed by atoms with Crippen molar-refractivity contribution < 1.29 is 20.1 Å². The van der Waals surface area contributed by atoms with Crippen LogP contribution in [0, 0.1) is 17.8 Å². The summed E-state index contributed by atoms with van der Waals surface area (Å²) in [6, 6.07) is 0. The summed E-state index contributed by atoms with van der Waals surface area (Å²) < 4.78 is 0. The summed E-state index contributed by atoms with van der Waals surface area (Å²) in [5, 5.41) is 31.2. The number of aliphatic hydroxyl groups is 3. The molecule has 1 fully saturated rings. The third-order valence-corrected chi connectivity index (χ3v) is 6.48. The van der Waals surface area contributed by atoms with Crippen molar-refractivity contribution >= 4 is 5.78 Å². The van der Waals surface area contributed by atoms with Crippen molar-refractivity contribution in [1.29, 1.82) is 0 Å². The van der Waals surface area contributed by atoms with Crippen molar-refractivity contribution in [3.8, 4) is 0 Å². The molecule has 0 saturated heterocycles. The van der Waals surface area contributed by atoms with Crippen LogP contribution in [-0.4, -0.2) is 39.4 Å². The monoisotopic (exact) mass is 404 g/mol. The fourth-order valence-electron chi connectivity index (χ4n) is 4.74. The van der Waals surface area contributed by atoms with Crippen LogP contribution >= 0.6 is 0 Å². The fourth-order valence-corrected chi connectivity index (χ4v) is 4.74. The molecule has 0 heterocycles. The zero-order valence-electron chi connectivity index (χ0n) is 18.2. The van der Waals surface area contributed by atoms with Crippen molar-refractivity contribution in [2.24, 2.45) is 17.8 Å². The highest BCUT2D eigenvalue weighted by atomic mass is 16.3. The van der Waals surface area contributed by atoms with E-state index >= 15 is 0 Å². The molecule has 164 valence electrons. The van der Waals surface area contributed by atoms with Crippen LogP contribution in [0.4, 0.5) is 0 Å². The Morgan fingerprint density at radius 2 is 1.97 bits per heavy atom. The lowest BCUT2D eigenvalue weighted by molar-refractivity contribution is -0.117. The van der Waals surface area contributed by atoms with Gasteiger partial charge in [-0.1, -0.05) is 42.9 Å². The van der Waals surface area contributed by atoms with Crippen LogP contribution in [0.15, 0.2) is 36.0 Å². The van der Waals surface area contributed by atoms with Gasteiger partial charge in [0.05, 0.1) is 18.3 Å². The molecule has 0 amide bonds. The van der Waals surface area contributed by atoms with E-state index in [0.717, 1.165) is 44.9 Å². The Morgan fingerprint density at radius 3 is 2.69 bits per heavy atom. The van der Waals surface area contributed by atoms with E-state index in [1.54, 1.807) is 6.92 Å². The number of unbranched alkanes of at least 4 members (excludes halogenated alkanes) is 1. The average molecular weight is 405 g/mol. The molecule has 0 bridgehead atoms. The highest BCUT2D eigenvalue weighted by Gasteiger charge is 2.40. The maximum absolute atomic E-state index is 11.0. The molecule has 0 radical (unpaired) electrons. The van der Waals surface area contributed by atoms with Crippen LogP contribution < -0.4 is 0 Å². The minimum atomic E-state index is -0.486. The van der Waals surface area contributed by atoms with Crippen LogP contribution in [0.1, 0.15) is 78.1 Å². The van der Waals surface area contributed by atoms with E-state index in [2.05, 4.69) is 37.3 Å². The largest absolute Gasteiger partial charge is 0.393 e. The summed E-state index contributed by atoms with van der Waals surface area (Å²) in [4.78, 5) is 11.0. The number of hydrogen-bond acceptors (Lipinski definition) is 4. The molecule has 29 heavy (non-hydrogen) atoms. The van der Waals surface area contributed by atoms with Gasteiger partial charge in [0, 0.05) is 6.42 Å². The minimum absolute atomic E-state index is 0.0402. The van der Waals surface area contributed by atoms with Gasteiger partial charge in [0.1, 0.15) is 5.78 Å². The molecule has 0 aliphatic heterocycles. The summed E-state index contributed by atoms with van der Waals surface area (Å²) in [7, 11) is 0. The lowest BCUT2D eigenvalue weighted by atomic mass is 9.85. The lowest BCUT2D eigenvalue weighted by Gasteiger charge is -2.24. The Kier molecular flexibility index (Phi) is 10.3. The number of rotatable bonds is 12. The normalized spacial score (nSPS) is 30.7. The van der Waals surface area contributed by atoms with Crippen LogP contribution in [-0.2, 0) is 4.79 Å². The highest BCUT2D eigenvalue weighted by Crippen LogP contribution is 2.38. The van der Waals surface area contributed by atoms with Crippen molar-refractivity contribution in [2.45, 2.75) is 96.4 Å². The molecule has 2 aliphatic rings. The summed E-state index contributed by atoms with van der Waals surface area (Å²) in [5.41, 5.74) is 1.41. The lowest BCUT2D eigenvalue weighted by Crippen LogP contribution is -2.23. The first kappa shape index (κ1) is 24.0. The number of carbonyl (C=O) groups excluding carboxylic acids is 1. The van der Waals surface area contributed by atoms with Crippen molar-refractivity contribution in [3.63, 3.8) is 0 Å². The third-order valence-electron chi connectivity index (χ3n) is 6.48. The van der Waals surface area contributed by atoms with Gasteiger partial charge in [0.25, 0.3) is 0 Å². The van der Waals surface area contributed by atoms with Gasteiger partial charge in [-0.15, -0.1) is 0 Å². The standard InChI is InChI=1S/C25H40O4/c1-18-8-7-10-20(16-18)12-13-21(27)14-15-23-22(24(28)17-25(23)29)11-6-4-3-5-9-19(2)26/h4,6-8,10,18,21-25,27-29H,3,5,9,11-17H2,1-2H3/b6-4-/t18-,21-,22+,23+,24-,25+/m0/s1. The maximum atomic E-state index is 11.0. The average Bonchev–Trinajstić information content (AvgIpc) is 2.93. The van der Waals surface area contributed by atoms with Gasteiger partial charge in [0.15, 0.2) is 0 Å². The molecule has 2 aliphatic carbocycles. The zero-order valence-corrected chi connectivity index (χ0v) is 18.2. The van der Waals surface area contributed by atoms with Gasteiger partial charge in [0.2, 0.25) is 0 Å². The second kappa shape index (κ2) is 12.5. The van der Waals surface area contributed by atoms with E-state index in [1.165, 1.54) is 5.57 Å². The molecule has 0 aromatic rings. The van der Waals surface area contributed by atoms with Gasteiger partial charge < -0.3 is 20.1 Å². The molecule has 6 atom stereocenters. The van der Waals surface area contributed by atoms with E-state index in [4.69, 9.17) is 0 Å². The van der Waals surface area contributed by atoms with E-state index in [1.807, 2.05) is 0 Å². The molecule has 4 nitrogen and oxygen atoms in total. The fraction of sp³-hybridized carbons (Fsp3) is 0.720. The highest BCUT2D eigenvalue weighted by molar-refractivity contribution is 5.75. The molecule has 0 aromatic heterocycles. The first-order chi connectivity index (χ1) is 13.9. The van der Waals surface area contributed by atoms with Gasteiger partial charge in [-0.25, -0.2) is 0 Å². The van der Waals surface area contributed by atoms with E-state index in [-0.39, 0.29) is 23.7 Å². The van der Waals surface area contributed by atoms with Crippen LogP contribution in [0.25, 0.3) is 0 Å². The van der Waals surface area contributed by atoms with Crippen molar-refractivity contribution in [3.05, 3.63) is 36.0 Å². The van der Waals surface area contributed by atoms with E-state index < -0.39 is 12.2 Å². The molecular formula is C25H40O4. The Labute approximate surface area is 176 Å². The van der Waals surface area contributed by atoms with Gasteiger partial charge in [-0.2, -0.15) is 0 Å². The number of hydrogen-bond donors (Lipinski definition) is 3. The predicted molar refractivity (Wildman–Crippen MR) is 117 cm³/mol. The summed E-state index contributed by atoms with van der Waals surface area (Å²) in [6.45, 7) is 3.83. The van der Waals surface area contributed by atoms with Crippen molar-refractivity contribution in [1.82, 2.24) is 0 Å². The van der Waals surface area contributed by atoms with Crippen molar-refractivity contribution in [2.75, 3.05) is 0 Å². The van der Waals surface area contributed by atoms with E-state index in [9.17, 15) is 20.1 Å². The van der Waals surface area contributed by atoms with Crippen LogP contribution in [0.3, 0.4) is 0 Å². The molecule has 0 unspecified atom stereocenters. The molecule has 4 heteroatoms. The second-order valence-corrected chi connectivity index (χ2v) is 9.16. The SMILES string of the molecule is CC(=O)CCC/C=C\C[C@@H]1[C@@H](CC[C@@H](O)CCC2=CC=C[C@H](C)C2)[C@H](O)C[C@@H]1O. The Bertz CT molecular complexity index is 592. The number of Topliss-reactive ketones (excluding diaryl/α,β-unsaturated/α-hetero) is 1. The molecule has 0 aromatic carbocycles. The zero-order chi connectivity index (χ0) is 21.2.